The number of aromatic nitrogens is 1. The lowest BCUT2D eigenvalue weighted by atomic mass is 10.3. The van der Waals surface area contributed by atoms with Crippen molar-refractivity contribution in [1.82, 2.24) is 4.98 Å². The predicted molar refractivity (Wildman–Crippen MR) is 74.1 cm³/mol. The van der Waals surface area contributed by atoms with Gasteiger partial charge >= 0.3 is 0 Å². The first-order chi connectivity index (χ1) is 9.95. The van der Waals surface area contributed by atoms with Crippen LogP contribution in [0.2, 0.25) is 0 Å². The number of carbonyl (C=O) groups is 1. The maximum atomic E-state index is 13.4. The number of amides is 1. The Kier molecular flexibility index (Phi) is 4.47. The van der Waals surface area contributed by atoms with Crippen LogP contribution in [0.25, 0.3) is 0 Å². The number of hydrogen-bond acceptors (Lipinski definition) is 3. The van der Waals surface area contributed by atoms with Gasteiger partial charge in [-0.2, -0.15) is 0 Å². The van der Waals surface area contributed by atoms with Crippen molar-refractivity contribution < 1.29 is 18.3 Å². The average molecular weight is 292 g/mol. The number of ether oxygens (including phenoxy) is 1. The highest BCUT2D eigenvalue weighted by Crippen LogP contribution is 2.19. The van der Waals surface area contributed by atoms with Gasteiger partial charge in [-0.15, -0.1) is 0 Å². The molecule has 1 aromatic carbocycles. The molecular formula is C15H14F2N2O2. The molecule has 0 aliphatic carbocycles. The van der Waals surface area contributed by atoms with Gasteiger partial charge in [0.1, 0.15) is 11.6 Å². The largest absolute Gasteiger partial charge is 0.478 e. The molecule has 110 valence electrons. The number of carbonyl (C=O) groups excluding carboxylic acids is 1. The van der Waals surface area contributed by atoms with Gasteiger partial charge in [0.05, 0.1) is 0 Å². The summed E-state index contributed by atoms with van der Waals surface area (Å²) in [5, 5.41) is 2.56. The zero-order valence-corrected chi connectivity index (χ0v) is 11.6. The first-order valence-electron chi connectivity index (χ1n) is 6.31. The van der Waals surface area contributed by atoms with E-state index >= 15 is 0 Å². The van der Waals surface area contributed by atoms with Crippen molar-refractivity contribution in [3.8, 4) is 5.75 Å². The quantitative estimate of drug-likeness (QED) is 0.942. The monoisotopic (exact) mass is 292 g/mol. The third-order valence-electron chi connectivity index (χ3n) is 2.73. The standard InChI is InChI=1S/C15H14F2N2O2/c1-9-5-6-18-14(7-9)19-15(20)10(2)21-13-4-3-11(16)8-12(13)17/h3-8,10H,1-2H3,(H,18,19,20). The van der Waals surface area contributed by atoms with Crippen molar-refractivity contribution in [3.05, 3.63) is 53.7 Å². The van der Waals surface area contributed by atoms with Crippen molar-refractivity contribution in [2.45, 2.75) is 20.0 Å². The molecule has 0 saturated heterocycles. The third-order valence-corrected chi connectivity index (χ3v) is 2.73. The van der Waals surface area contributed by atoms with Crippen LogP contribution in [0.4, 0.5) is 14.6 Å². The first-order valence-corrected chi connectivity index (χ1v) is 6.31. The number of benzene rings is 1. The predicted octanol–water partition coefficient (Wildman–Crippen LogP) is 3.07. The van der Waals surface area contributed by atoms with Gasteiger partial charge in [-0.3, -0.25) is 4.79 Å². The van der Waals surface area contributed by atoms with Gasteiger partial charge in [-0.25, -0.2) is 13.8 Å². The topological polar surface area (TPSA) is 51.2 Å². The van der Waals surface area contributed by atoms with E-state index in [1.807, 2.05) is 6.92 Å². The number of aryl methyl sites for hydroxylation is 1. The second-order valence-electron chi connectivity index (χ2n) is 4.54. The zero-order chi connectivity index (χ0) is 15.4. The highest BCUT2D eigenvalue weighted by molar-refractivity contribution is 5.93. The second-order valence-corrected chi connectivity index (χ2v) is 4.54. The summed E-state index contributed by atoms with van der Waals surface area (Å²) in [4.78, 5) is 15.9. The molecule has 2 rings (SSSR count). The van der Waals surface area contributed by atoms with E-state index in [0.29, 0.717) is 11.9 Å². The van der Waals surface area contributed by atoms with Gasteiger partial charge in [0.25, 0.3) is 5.91 Å². The van der Waals surface area contributed by atoms with E-state index in [-0.39, 0.29) is 5.75 Å². The summed E-state index contributed by atoms with van der Waals surface area (Å²) in [5.74, 6) is -1.84. The van der Waals surface area contributed by atoms with E-state index in [1.165, 1.54) is 6.92 Å². The summed E-state index contributed by atoms with van der Waals surface area (Å²) < 4.78 is 31.4. The Morgan fingerprint density at radius 1 is 1.29 bits per heavy atom. The van der Waals surface area contributed by atoms with Gasteiger partial charge < -0.3 is 10.1 Å². The van der Waals surface area contributed by atoms with Crippen LogP contribution in [0.1, 0.15) is 12.5 Å². The molecule has 0 aliphatic rings. The molecule has 0 bridgehead atoms. The van der Waals surface area contributed by atoms with Crippen LogP contribution in [-0.2, 0) is 4.79 Å². The lowest BCUT2D eigenvalue weighted by Gasteiger charge is -2.15. The number of hydrogen-bond donors (Lipinski definition) is 1. The molecule has 0 radical (unpaired) electrons. The molecule has 1 heterocycles. The normalized spacial score (nSPS) is 11.8. The zero-order valence-electron chi connectivity index (χ0n) is 11.6. The highest BCUT2D eigenvalue weighted by atomic mass is 19.1. The molecule has 1 atom stereocenters. The average Bonchev–Trinajstić information content (AvgIpc) is 2.41. The van der Waals surface area contributed by atoms with Crippen LogP contribution in [0, 0.1) is 18.6 Å². The maximum absolute atomic E-state index is 13.4. The van der Waals surface area contributed by atoms with E-state index in [0.717, 1.165) is 17.7 Å². The van der Waals surface area contributed by atoms with Crippen molar-refractivity contribution in [1.29, 1.82) is 0 Å². The van der Waals surface area contributed by atoms with E-state index in [1.54, 1.807) is 18.3 Å². The number of nitrogens with one attached hydrogen (secondary N) is 1. The molecule has 2 aromatic rings. The minimum absolute atomic E-state index is 0.184. The van der Waals surface area contributed by atoms with Crippen molar-refractivity contribution in [2.24, 2.45) is 0 Å². The maximum Gasteiger partial charge on any atom is 0.266 e. The summed E-state index contributed by atoms with van der Waals surface area (Å²) in [6, 6.07) is 6.39. The van der Waals surface area contributed by atoms with E-state index < -0.39 is 23.6 Å². The summed E-state index contributed by atoms with van der Waals surface area (Å²) in [5.41, 5.74) is 0.943. The molecule has 21 heavy (non-hydrogen) atoms. The molecule has 1 amide bonds. The smallest absolute Gasteiger partial charge is 0.266 e. The van der Waals surface area contributed by atoms with Gasteiger partial charge in [-0.1, -0.05) is 0 Å². The lowest BCUT2D eigenvalue weighted by Crippen LogP contribution is -2.30. The fraction of sp³-hybridized carbons (Fsp3) is 0.200. The molecular weight excluding hydrogens is 278 g/mol. The summed E-state index contributed by atoms with van der Waals surface area (Å²) in [7, 11) is 0. The fourth-order valence-electron chi connectivity index (χ4n) is 1.65. The SMILES string of the molecule is Cc1ccnc(NC(=O)C(C)Oc2ccc(F)cc2F)c1. The molecule has 0 aliphatic heterocycles. The Labute approximate surface area is 120 Å². The molecule has 0 saturated carbocycles. The summed E-state index contributed by atoms with van der Waals surface area (Å²) >= 11 is 0. The molecule has 0 spiro atoms. The molecule has 0 fully saturated rings. The highest BCUT2D eigenvalue weighted by Gasteiger charge is 2.17. The Hall–Kier alpha value is -2.50. The Morgan fingerprint density at radius 2 is 2.05 bits per heavy atom. The van der Waals surface area contributed by atoms with Crippen LogP contribution in [0.3, 0.4) is 0 Å². The van der Waals surface area contributed by atoms with Crippen LogP contribution in [-0.4, -0.2) is 17.0 Å². The minimum atomic E-state index is -0.952. The number of rotatable bonds is 4. The molecule has 4 nitrogen and oxygen atoms in total. The molecule has 1 N–H and O–H groups in total. The van der Waals surface area contributed by atoms with E-state index in [2.05, 4.69) is 10.3 Å². The number of halogens is 2. The Bertz CT molecular complexity index is 662. The molecule has 6 heteroatoms. The first kappa shape index (κ1) is 14.9. The van der Waals surface area contributed by atoms with Gasteiger partial charge in [0.2, 0.25) is 0 Å². The van der Waals surface area contributed by atoms with E-state index in [4.69, 9.17) is 4.74 Å². The lowest BCUT2D eigenvalue weighted by molar-refractivity contribution is -0.122. The van der Waals surface area contributed by atoms with Crippen molar-refractivity contribution >= 4 is 11.7 Å². The van der Waals surface area contributed by atoms with Crippen LogP contribution in [0.5, 0.6) is 5.75 Å². The van der Waals surface area contributed by atoms with Crippen molar-refractivity contribution in [2.75, 3.05) is 5.32 Å². The molecule has 1 unspecified atom stereocenters. The number of anilines is 1. The van der Waals surface area contributed by atoms with Gasteiger partial charge in [0, 0.05) is 12.3 Å². The Balaban J connectivity index is 2.02. The summed E-state index contributed by atoms with van der Waals surface area (Å²) in [6.45, 7) is 3.33. The minimum Gasteiger partial charge on any atom is -0.478 e. The van der Waals surface area contributed by atoms with Crippen LogP contribution >= 0.6 is 0 Å². The number of pyridine rings is 1. The number of nitrogens with zero attached hydrogens (tertiary/aromatic N) is 1. The van der Waals surface area contributed by atoms with Gasteiger partial charge in [0.15, 0.2) is 17.7 Å². The Morgan fingerprint density at radius 3 is 2.71 bits per heavy atom. The third kappa shape index (κ3) is 3.98. The second kappa shape index (κ2) is 6.30. The van der Waals surface area contributed by atoms with Crippen LogP contribution in [0.15, 0.2) is 36.5 Å². The fourth-order valence-corrected chi connectivity index (χ4v) is 1.65. The summed E-state index contributed by atoms with van der Waals surface area (Å²) in [6.07, 6.45) is 0.614. The van der Waals surface area contributed by atoms with Crippen LogP contribution < -0.4 is 10.1 Å². The van der Waals surface area contributed by atoms with Gasteiger partial charge in [-0.05, 0) is 43.7 Å². The molecule has 1 aromatic heterocycles. The van der Waals surface area contributed by atoms with Crippen molar-refractivity contribution in [3.63, 3.8) is 0 Å². The van der Waals surface area contributed by atoms with E-state index in [9.17, 15) is 13.6 Å².